The molecule has 0 N–H and O–H groups in total. The molecular formula is C14H10O3-2. The third-order valence-corrected chi connectivity index (χ3v) is 2.71. The molecule has 0 radical (unpaired) electrons. The first kappa shape index (κ1) is 11.2. The summed E-state index contributed by atoms with van der Waals surface area (Å²) in [6, 6.07) is 17.3. The summed E-state index contributed by atoms with van der Waals surface area (Å²) < 4.78 is 0. The Hall–Kier alpha value is -2.29. The summed E-state index contributed by atoms with van der Waals surface area (Å²) >= 11 is 0. The summed E-state index contributed by atoms with van der Waals surface area (Å²) in [4.78, 5) is 8.33. The Bertz CT molecular complexity index is 499. The molecule has 1 aliphatic rings. The molecule has 0 aliphatic heterocycles. The zero-order valence-corrected chi connectivity index (χ0v) is 9.05. The Balaban J connectivity index is 0.000000239. The lowest BCUT2D eigenvalue weighted by atomic mass is 10.1. The molecular weight excluding hydrogens is 216 g/mol. The first-order chi connectivity index (χ1) is 8.18. The standard InChI is InChI=1S/C13H10.CH2O3/c1-3-7-12-10(5-1)9-11-6-2-4-8-13(11)12;2-1(3)4/h1-8H,9H2;(H2,2,3,4)/p-2. The Morgan fingerprint density at radius 1 is 0.824 bits per heavy atom. The predicted molar refractivity (Wildman–Crippen MR) is 60.1 cm³/mol. The van der Waals surface area contributed by atoms with Crippen LogP contribution in [-0.2, 0) is 6.42 Å². The van der Waals surface area contributed by atoms with Crippen molar-refractivity contribution in [1.29, 1.82) is 0 Å². The molecule has 0 unspecified atom stereocenters. The average molecular weight is 226 g/mol. The summed E-state index contributed by atoms with van der Waals surface area (Å²) in [5.74, 6) is 0. The molecule has 17 heavy (non-hydrogen) atoms. The van der Waals surface area contributed by atoms with Gasteiger partial charge < -0.3 is 15.0 Å². The van der Waals surface area contributed by atoms with E-state index in [2.05, 4.69) is 48.5 Å². The van der Waals surface area contributed by atoms with E-state index in [1.54, 1.807) is 0 Å². The van der Waals surface area contributed by atoms with Crippen LogP contribution in [0.3, 0.4) is 0 Å². The van der Waals surface area contributed by atoms with Crippen LogP contribution in [0.5, 0.6) is 0 Å². The van der Waals surface area contributed by atoms with E-state index in [0.717, 1.165) is 6.42 Å². The molecule has 3 rings (SSSR count). The smallest absolute Gasteiger partial charge is 0.00135 e. The number of fused-ring (bicyclic) bond motifs is 3. The van der Waals surface area contributed by atoms with Crippen LogP contribution in [0.4, 0.5) is 4.79 Å². The molecule has 0 bridgehead atoms. The van der Waals surface area contributed by atoms with Crippen LogP contribution < -0.4 is 10.2 Å². The van der Waals surface area contributed by atoms with Gasteiger partial charge in [-0.1, -0.05) is 48.5 Å². The van der Waals surface area contributed by atoms with E-state index in [-0.39, 0.29) is 0 Å². The molecule has 0 saturated heterocycles. The van der Waals surface area contributed by atoms with E-state index in [4.69, 9.17) is 15.0 Å². The van der Waals surface area contributed by atoms with Gasteiger partial charge in [0.25, 0.3) is 0 Å². The van der Waals surface area contributed by atoms with Gasteiger partial charge in [-0.25, -0.2) is 0 Å². The van der Waals surface area contributed by atoms with E-state index in [0.29, 0.717) is 0 Å². The van der Waals surface area contributed by atoms with Crippen molar-refractivity contribution in [3.05, 3.63) is 59.7 Å². The quantitative estimate of drug-likeness (QED) is 0.570. The highest BCUT2D eigenvalue weighted by molar-refractivity contribution is 5.76. The maximum atomic E-state index is 8.33. The Kier molecular flexibility index (Phi) is 3.10. The topological polar surface area (TPSA) is 63.2 Å². The number of carbonyl (C=O) groups excluding carboxylic acids is 1. The van der Waals surface area contributed by atoms with Crippen molar-refractivity contribution in [2.45, 2.75) is 6.42 Å². The zero-order valence-electron chi connectivity index (χ0n) is 9.05. The van der Waals surface area contributed by atoms with Crippen molar-refractivity contribution < 1.29 is 15.0 Å². The van der Waals surface area contributed by atoms with Crippen LogP contribution in [0.1, 0.15) is 11.1 Å². The molecule has 0 amide bonds. The monoisotopic (exact) mass is 226 g/mol. The first-order valence-corrected chi connectivity index (χ1v) is 5.22. The molecule has 0 saturated carbocycles. The van der Waals surface area contributed by atoms with Crippen molar-refractivity contribution in [1.82, 2.24) is 0 Å². The molecule has 0 aromatic heterocycles. The van der Waals surface area contributed by atoms with Gasteiger partial charge in [0.05, 0.1) is 0 Å². The maximum Gasteiger partial charge on any atom is -0.00135 e. The van der Waals surface area contributed by atoms with Gasteiger partial charge in [-0.3, -0.25) is 0 Å². The largest absolute Gasteiger partial charge is 0.652 e. The first-order valence-electron chi connectivity index (χ1n) is 5.22. The molecule has 2 aromatic rings. The van der Waals surface area contributed by atoms with Gasteiger partial charge in [-0.2, -0.15) is 0 Å². The van der Waals surface area contributed by atoms with Gasteiger partial charge in [-0.05, 0) is 34.8 Å². The van der Waals surface area contributed by atoms with E-state index >= 15 is 0 Å². The highest BCUT2D eigenvalue weighted by Crippen LogP contribution is 2.35. The molecule has 0 spiro atoms. The second-order valence-corrected chi connectivity index (χ2v) is 3.74. The molecule has 86 valence electrons. The van der Waals surface area contributed by atoms with Crippen LogP contribution >= 0.6 is 0 Å². The molecule has 3 heteroatoms. The fraction of sp³-hybridized carbons (Fsp3) is 0.0714. The van der Waals surface area contributed by atoms with Crippen LogP contribution in [0.2, 0.25) is 0 Å². The predicted octanol–water partition coefficient (Wildman–Crippen LogP) is 0.811. The van der Waals surface area contributed by atoms with Gasteiger partial charge in [-0.15, -0.1) is 0 Å². The molecule has 0 atom stereocenters. The van der Waals surface area contributed by atoms with Gasteiger partial charge in [0.1, 0.15) is 0 Å². The average Bonchev–Trinajstić information content (AvgIpc) is 2.66. The van der Waals surface area contributed by atoms with E-state index in [9.17, 15) is 0 Å². The number of benzene rings is 2. The van der Waals surface area contributed by atoms with Crippen molar-refractivity contribution in [2.75, 3.05) is 0 Å². The zero-order chi connectivity index (χ0) is 12.3. The molecule has 0 heterocycles. The maximum absolute atomic E-state index is 8.33. The van der Waals surface area contributed by atoms with Gasteiger partial charge in [0.2, 0.25) is 0 Å². The lowest BCUT2D eigenvalue weighted by Gasteiger charge is -1.98. The van der Waals surface area contributed by atoms with E-state index in [1.165, 1.54) is 22.3 Å². The van der Waals surface area contributed by atoms with Crippen LogP contribution in [-0.4, -0.2) is 6.16 Å². The SMILES string of the molecule is O=C([O-])[O-].c1ccc2c(c1)Cc1ccccc1-2. The summed E-state index contributed by atoms with van der Waals surface area (Å²) in [7, 11) is 0. The number of carbonyl (C=O) groups is 1. The molecule has 2 aromatic carbocycles. The minimum Gasteiger partial charge on any atom is -0.652 e. The van der Waals surface area contributed by atoms with Gasteiger partial charge in [0.15, 0.2) is 0 Å². The minimum atomic E-state index is -2.33. The summed E-state index contributed by atoms with van der Waals surface area (Å²) in [6.45, 7) is 0. The van der Waals surface area contributed by atoms with Crippen LogP contribution in [0.25, 0.3) is 11.1 Å². The normalized spacial score (nSPS) is 10.8. The van der Waals surface area contributed by atoms with Crippen LogP contribution in [0, 0.1) is 0 Å². The summed E-state index contributed by atoms with van der Waals surface area (Å²) in [5.41, 5.74) is 5.75. The Labute approximate surface area is 99.0 Å². The third-order valence-electron chi connectivity index (χ3n) is 2.71. The fourth-order valence-electron chi connectivity index (χ4n) is 2.08. The second kappa shape index (κ2) is 4.70. The number of hydrogen-bond acceptors (Lipinski definition) is 3. The number of hydrogen-bond donors (Lipinski definition) is 0. The van der Waals surface area contributed by atoms with E-state index in [1.807, 2.05) is 0 Å². The minimum absolute atomic E-state index is 1.10. The van der Waals surface area contributed by atoms with Crippen molar-refractivity contribution >= 4 is 6.16 Å². The number of rotatable bonds is 0. The van der Waals surface area contributed by atoms with E-state index < -0.39 is 6.16 Å². The molecule has 3 nitrogen and oxygen atoms in total. The van der Waals surface area contributed by atoms with Gasteiger partial charge >= 0.3 is 0 Å². The lowest BCUT2D eigenvalue weighted by Crippen LogP contribution is -2.37. The lowest BCUT2D eigenvalue weighted by molar-refractivity contribution is -0.415. The van der Waals surface area contributed by atoms with Crippen LogP contribution in [0.15, 0.2) is 48.5 Å². The second-order valence-electron chi connectivity index (χ2n) is 3.74. The third kappa shape index (κ3) is 2.45. The summed E-state index contributed by atoms with van der Waals surface area (Å²) in [5, 5.41) is 16.7. The van der Waals surface area contributed by atoms with Crippen molar-refractivity contribution in [3.8, 4) is 11.1 Å². The fourth-order valence-corrected chi connectivity index (χ4v) is 2.08. The molecule has 0 fully saturated rings. The Morgan fingerprint density at radius 2 is 1.18 bits per heavy atom. The van der Waals surface area contributed by atoms with Crippen molar-refractivity contribution in [2.24, 2.45) is 0 Å². The van der Waals surface area contributed by atoms with Gasteiger partial charge in [0, 0.05) is 0 Å². The Morgan fingerprint density at radius 3 is 1.59 bits per heavy atom. The number of carboxylic acid groups (broad SMARTS) is 2. The van der Waals surface area contributed by atoms with Crippen molar-refractivity contribution in [3.63, 3.8) is 0 Å². The highest BCUT2D eigenvalue weighted by atomic mass is 16.6. The summed E-state index contributed by atoms with van der Waals surface area (Å²) in [6.07, 6.45) is -1.23. The highest BCUT2D eigenvalue weighted by Gasteiger charge is 2.15. The molecule has 1 aliphatic carbocycles.